The summed E-state index contributed by atoms with van der Waals surface area (Å²) in [5, 5.41) is 28.4. The minimum atomic E-state index is -1.11. The van der Waals surface area contributed by atoms with E-state index in [1.807, 2.05) is 55.8 Å². The van der Waals surface area contributed by atoms with Gasteiger partial charge < -0.3 is 15.3 Å². The molecule has 0 saturated carbocycles. The molecule has 0 aliphatic carbocycles. The number of hydrogen-bond acceptors (Lipinski definition) is 7. The molecule has 50 heavy (non-hydrogen) atoms. The van der Waals surface area contributed by atoms with Crippen LogP contribution in [0.2, 0.25) is 5.02 Å². The molecule has 3 aromatic carbocycles. The zero-order valence-corrected chi connectivity index (χ0v) is 28.5. The number of carboxylic acids is 1. The van der Waals surface area contributed by atoms with Gasteiger partial charge in [0.15, 0.2) is 5.82 Å². The number of nitrogens with one attached hydrogen (secondary N) is 1. The quantitative estimate of drug-likeness (QED) is 0.194. The highest BCUT2D eigenvalue weighted by Gasteiger charge is 2.39. The lowest BCUT2D eigenvalue weighted by molar-refractivity contribution is -0.135. The van der Waals surface area contributed by atoms with Crippen molar-refractivity contribution < 1.29 is 23.9 Å². The van der Waals surface area contributed by atoms with Crippen LogP contribution in [-0.4, -0.2) is 64.3 Å². The van der Waals surface area contributed by atoms with Gasteiger partial charge in [-0.05, 0) is 70.3 Å². The van der Waals surface area contributed by atoms with Gasteiger partial charge in [-0.25, -0.2) is 9.18 Å². The lowest BCUT2D eigenvalue weighted by Crippen LogP contribution is -2.45. The number of fused-ring (bicyclic) bond motifs is 1. The van der Waals surface area contributed by atoms with E-state index >= 15 is 4.39 Å². The third kappa shape index (κ3) is 6.77. The number of carbonyl (C=O) groups excluding carboxylic acids is 2. The standard InChI is InChI=1S/C36H34ClFN8O4/c1-21-31-29(45(41-21)19-22-8-6-5-7-9-22)16-17-44(30(47)15-12-25-28(46-20-39-42-43-46)14-13-27(37)32(25)38)33(31)34(48)40-23-10-11-24(35(49)50)26(18-23)36(2,3)4/h5-15,18,20,33H,16-17,19H2,1-4H3,(H,40,48)(H,49,50)/b15-12+. The zero-order chi connectivity index (χ0) is 35.7. The smallest absolute Gasteiger partial charge is 0.335 e. The Morgan fingerprint density at radius 1 is 1.10 bits per heavy atom. The predicted octanol–water partition coefficient (Wildman–Crippen LogP) is 5.78. The number of aromatic nitrogens is 6. The van der Waals surface area contributed by atoms with Gasteiger partial charge in [0.2, 0.25) is 5.91 Å². The van der Waals surface area contributed by atoms with Crippen LogP contribution >= 0.6 is 11.6 Å². The molecule has 12 nitrogen and oxygen atoms in total. The maximum Gasteiger partial charge on any atom is 0.335 e. The molecular formula is C36H34ClFN8O4. The maximum absolute atomic E-state index is 15.3. The molecule has 256 valence electrons. The van der Waals surface area contributed by atoms with Gasteiger partial charge in [0.1, 0.15) is 12.4 Å². The number of tetrazole rings is 1. The summed E-state index contributed by atoms with van der Waals surface area (Å²) >= 11 is 6.09. The van der Waals surface area contributed by atoms with E-state index in [4.69, 9.17) is 16.7 Å². The van der Waals surface area contributed by atoms with E-state index in [1.165, 1.54) is 52.3 Å². The fraction of sp³-hybridized carbons (Fsp3) is 0.250. The fourth-order valence-corrected chi connectivity index (χ4v) is 6.41. The first-order valence-electron chi connectivity index (χ1n) is 15.8. The van der Waals surface area contributed by atoms with Crippen LogP contribution in [0.4, 0.5) is 10.1 Å². The van der Waals surface area contributed by atoms with E-state index in [9.17, 15) is 19.5 Å². The summed E-state index contributed by atoms with van der Waals surface area (Å²) in [6.07, 6.45) is 4.18. The summed E-state index contributed by atoms with van der Waals surface area (Å²) in [5.74, 6) is -2.91. The van der Waals surface area contributed by atoms with E-state index in [-0.39, 0.29) is 28.4 Å². The van der Waals surface area contributed by atoms with Gasteiger partial charge in [-0.1, -0.05) is 62.7 Å². The van der Waals surface area contributed by atoms with Crippen LogP contribution in [0.25, 0.3) is 11.8 Å². The average Bonchev–Trinajstić information content (AvgIpc) is 3.73. The minimum absolute atomic E-state index is 0.0167. The molecule has 14 heteroatoms. The van der Waals surface area contributed by atoms with Gasteiger partial charge in [0.25, 0.3) is 5.91 Å². The van der Waals surface area contributed by atoms with Crippen molar-refractivity contribution in [1.82, 2.24) is 34.9 Å². The molecule has 3 heterocycles. The Hall–Kier alpha value is -5.69. The van der Waals surface area contributed by atoms with Gasteiger partial charge in [-0.15, -0.1) is 5.10 Å². The molecular weight excluding hydrogens is 663 g/mol. The van der Waals surface area contributed by atoms with Crippen molar-refractivity contribution in [1.29, 1.82) is 0 Å². The summed E-state index contributed by atoms with van der Waals surface area (Å²) in [5.41, 5.74) is 3.76. The number of aromatic carboxylic acids is 1. The number of carbonyl (C=O) groups is 3. The van der Waals surface area contributed by atoms with Crippen LogP contribution in [-0.2, 0) is 28.0 Å². The van der Waals surface area contributed by atoms with Crippen molar-refractivity contribution in [3.8, 4) is 5.69 Å². The largest absolute Gasteiger partial charge is 0.478 e. The van der Waals surface area contributed by atoms with Gasteiger partial charge >= 0.3 is 5.97 Å². The van der Waals surface area contributed by atoms with Crippen molar-refractivity contribution in [2.24, 2.45) is 0 Å². The topological polar surface area (TPSA) is 148 Å². The van der Waals surface area contributed by atoms with Crippen LogP contribution < -0.4 is 5.32 Å². The number of nitrogens with zero attached hydrogens (tertiary/aromatic N) is 7. The highest BCUT2D eigenvalue weighted by atomic mass is 35.5. The fourth-order valence-electron chi connectivity index (χ4n) is 6.25. The third-order valence-electron chi connectivity index (χ3n) is 8.59. The van der Waals surface area contributed by atoms with E-state index < -0.39 is 35.1 Å². The van der Waals surface area contributed by atoms with E-state index in [2.05, 4.69) is 20.8 Å². The normalized spacial score (nSPS) is 14.5. The van der Waals surface area contributed by atoms with Crippen LogP contribution in [0.3, 0.4) is 0 Å². The third-order valence-corrected chi connectivity index (χ3v) is 8.88. The summed E-state index contributed by atoms with van der Waals surface area (Å²) in [7, 11) is 0. The Balaban J connectivity index is 1.39. The number of halogens is 2. The summed E-state index contributed by atoms with van der Waals surface area (Å²) in [4.78, 5) is 41.8. The molecule has 1 aliphatic rings. The number of hydrogen-bond donors (Lipinski definition) is 2. The second-order valence-electron chi connectivity index (χ2n) is 13.0. The molecule has 0 radical (unpaired) electrons. The molecule has 1 atom stereocenters. The number of benzene rings is 3. The highest BCUT2D eigenvalue weighted by molar-refractivity contribution is 6.31. The lowest BCUT2D eigenvalue weighted by atomic mass is 9.83. The summed E-state index contributed by atoms with van der Waals surface area (Å²) in [6.45, 7) is 8.09. The first kappa shape index (κ1) is 34.2. The van der Waals surface area contributed by atoms with Crippen molar-refractivity contribution in [2.45, 2.75) is 52.1 Å². The van der Waals surface area contributed by atoms with Gasteiger partial charge in [0.05, 0.1) is 28.5 Å². The molecule has 1 aliphatic heterocycles. The van der Waals surface area contributed by atoms with Crippen LogP contribution in [0, 0.1) is 12.7 Å². The zero-order valence-electron chi connectivity index (χ0n) is 27.8. The van der Waals surface area contributed by atoms with E-state index in [0.29, 0.717) is 35.5 Å². The molecule has 0 fully saturated rings. The summed E-state index contributed by atoms with van der Waals surface area (Å²) in [6, 6.07) is 16.2. The number of aryl methyl sites for hydroxylation is 1. The van der Waals surface area contributed by atoms with Crippen LogP contribution in [0.15, 0.2) is 73.1 Å². The summed E-state index contributed by atoms with van der Waals surface area (Å²) < 4.78 is 18.4. The SMILES string of the molecule is Cc1nn(Cc2ccccc2)c2c1C(C(=O)Nc1ccc(C(=O)O)c(C(C)(C)C)c1)N(C(=O)/C=C/c1c(-n3cnnn3)ccc(Cl)c1F)CC2. The molecule has 6 rings (SSSR count). The Morgan fingerprint density at radius 3 is 2.54 bits per heavy atom. The average molecular weight is 697 g/mol. The van der Waals surface area contributed by atoms with Crippen molar-refractivity contribution in [3.63, 3.8) is 0 Å². The van der Waals surface area contributed by atoms with Crippen molar-refractivity contribution in [3.05, 3.63) is 123 Å². The first-order chi connectivity index (χ1) is 23.8. The Morgan fingerprint density at radius 2 is 1.86 bits per heavy atom. The van der Waals surface area contributed by atoms with Gasteiger partial charge in [0, 0.05) is 41.5 Å². The lowest BCUT2D eigenvalue weighted by Gasteiger charge is -2.35. The number of rotatable bonds is 8. The Kier molecular flexibility index (Phi) is 9.35. The maximum atomic E-state index is 15.3. The molecule has 2 N–H and O–H groups in total. The Bertz CT molecular complexity index is 2120. The van der Waals surface area contributed by atoms with Gasteiger partial charge in [-0.3, -0.25) is 14.3 Å². The predicted molar refractivity (Wildman–Crippen MR) is 185 cm³/mol. The molecule has 0 bridgehead atoms. The van der Waals surface area contributed by atoms with Crippen molar-refractivity contribution >= 4 is 41.1 Å². The second kappa shape index (κ2) is 13.7. The monoisotopic (exact) mass is 696 g/mol. The van der Waals surface area contributed by atoms with Crippen LogP contribution in [0.5, 0.6) is 0 Å². The second-order valence-corrected chi connectivity index (χ2v) is 13.4. The molecule has 0 spiro atoms. The van der Waals surface area contributed by atoms with Crippen molar-refractivity contribution in [2.75, 3.05) is 11.9 Å². The minimum Gasteiger partial charge on any atom is -0.478 e. The molecule has 2 amide bonds. The van der Waals surface area contributed by atoms with E-state index in [0.717, 1.165) is 11.3 Å². The highest BCUT2D eigenvalue weighted by Crippen LogP contribution is 2.36. The Labute approximate surface area is 292 Å². The van der Waals surface area contributed by atoms with Crippen LogP contribution in [0.1, 0.15) is 70.8 Å². The molecule has 5 aromatic rings. The molecule has 0 saturated heterocycles. The number of amides is 2. The molecule has 2 aromatic heterocycles. The van der Waals surface area contributed by atoms with E-state index in [1.54, 1.807) is 13.0 Å². The first-order valence-corrected chi connectivity index (χ1v) is 16.2. The molecule has 1 unspecified atom stereocenters. The van der Waals surface area contributed by atoms with Gasteiger partial charge in [-0.2, -0.15) is 9.78 Å². The number of anilines is 1. The number of carboxylic acid groups (broad SMARTS) is 1.